The predicted molar refractivity (Wildman–Crippen MR) is 64.3 cm³/mol. The van der Waals surface area contributed by atoms with Gasteiger partial charge in [-0.1, -0.05) is 6.07 Å². The van der Waals surface area contributed by atoms with Crippen LogP contribution in [0.15, 0.2) is 24.3 Å². The van der Waals surface area contributed by atoms with Crippen molar-refractivity contribution in [2.24, 2.45) is 0 Å². The van der Waals surface area contributed by atoms with Crippen molar-refractivity contribution in [3.05, 3.63) is 24.3 Å². The zero-order valence-electron chi connectivity index (χ0n) is 9.44. The number of ether oxygens (including phenoxy) is 1. The summed E-state index contributed by atoms with van der Waals surface area (Å²) >= 11 is 0. The molecule has 1 aromatic carbocycles. The molecule has 0 amide bonds. The molecular weight excluding hydrogens is 204 g/mol. The number of benzene rings is 1. The van der Waals surface area contributed by atoms with Gasteiger partial charge in [-0.3, -0.25) is 0 Å². The first-order valence-electron chi connectivity index (χ1n) is 5.53. The molecule has 0 saturated carbocycles. The number of hydrogen-bond donors (Lipinski definition) is 3. The summed E-state index contributed by atoms with van der Waals surface area (Å²) in [6.07, 6.45) is 0.546. The molecule has 1 aromatic rings. The summed E-state index contributed by atoms with van der Waals surface area (Å²) in [5.74, 6) is 0. The van der Waals surface area contributed by atoms with Gasteiger partial charge in [-0.05, 0) is 25.1 Å². The summed E-state index contributed by atoms with van der Waals surface area (Å²) in [7, 11) is 0. The van der Waals surface area contributed by atoms with E-state index < -0.39 is 5.60 Å². The van der Waals surface area contributed by atoms with Gasteiger partial charge in [0.05, 0.1) is 6.10 Å². The van der Waals surface area contributed by atoms with E-state index in [9.17, 15) is 5.11 Å². The molecule has 2 rings (SSSR count). The number of aliphatic hydroxyl groups is 1. The molecule has 1 aliphatic heterocycles. The number of anilines is 2. The summed E-state index contributed by atoms with van der Waals surface area (Å²) in [5, 5.41) is 13.5. The van der Waals surface area contributed by atoms with Crippen molar-refractivity contribution < 1.29 is 9.84 Å². The van der Waals surface area contributed by atoms with Gasteiger partial charge in [0.25, 0.3) is 0 Å². The van der Waals surface area contributed by atoms with Crippen LogP contribution in [0.25, 0.3) is 0 Å². The minimum atomic E-state index is -0.773. The fraction of sp³-hybridized carbons (Fsp3) is 0.500. The molecule has 1 aliphatic rings. The first-order chi connectivity index (χ1) is 7.60. The van der Waals surface area contributed by atoms with E-state index in [1.54, 1.807) is 0 Å². The molecule has 16 heavy (non-hydrogen) atoms. The van der Waals surface area contributed by atoms with Crippen molar-refractivity contribution in [3.8, 4) is 0 Å². The smallest absolute Gasteiger partial charge is 0.110 e. The van der Waals surface area contributed by atoms with Crippen molar-refractivity contribution in [1.82, 2.24) is 0 Å². The van der Waals surface area contributed by atoms with Gasteiger partial charge in [-0.2, -0.15) is 0 Å². The second kappa shape index (κ2) is 4.31. The first kappa shape index (κ1) is 11.2. The Kier molecular flexibility index (Phi) is 3.03. The lowest BCUT2D eigenvalue weighted by Crippen LogP contribution is -2.43. The molecule has 2 atom stereocenters. The summed E-state index contributed by atoms with van der Waals surface area (Å²) in [6.45, 7) is 3.00. The van der Waals surface area contributed by atoms with Gasteiger partial charge in [-0.25, -0.2) is 0 Å². The van der Waals surface area contributed by atoms with Crippen LogP contribution >= 0.6 is 0 Å². The molecule has 1 heterocycles. The minimum Gasteiger partial charge on any atom is -0.399 e. The Morgan fingerprint density at radius 1 is 1.62 bits per heavy atom. The third-order valence-electron chi connectivity index (χ3n) is 3.14. The van der Waals surface area contributed by atoms with E-state index in [-0.39, 0.29) is 6.10 Å². The quantitative estimate of drug-likeness (QED) is 0.673. The highest BCUT2D eigenvalue weighted by molar-refractivity contribution is 5.54. The van der Waals surface area contributed by atoms with E-state index in [0.29, 0.717) is 25.3 Å². The van der Waals surface area contributed by atoms with Crippen LogP contribution in [0.3, 0.4) is 0 Å². The molecule has 0 aromatic heterocycles. The fourth-order valence-corrected chi connectivity index (χ4v) is 1.91. The van der Waals surface area contributed by atoms with E-state index in [1.807, 2.05) is 31.2 Å². The molecule has 2 unspecified atom stereocenters. The lowest BCUT2D eigenvalue weighted by molar-refractivity contribution is -0.0175. The maximum absolute atomic E-state index is 10.3. The van der Waals surface area contributed by atoms with Crippen LogP contribution in [0.2, 0.25) is 0 Å². The number of rotatable bonds is 3. The normalized spacial score (nSPS) is 29.2. The standard InChI is InChI=1S/C12H18N2O2/c1-9-12(15,5-6-16-9)8-14-11-4-2-3-10(13)7-11/h2-4,7,9,14-15H,5-6,8,13H2,1H3. The lowest BCUT2D eigenvalue weighted by Gasteiger charge is -2.26. The number of nitrogens with two attached hydrogens (primary N) is 1. The van der Waals surface area contributed by atoms with E-state index >= 15 is 0 Å². The average molecular weight is 222 g/mol. The topological polar surface area (TPSA) is 67.5 Å². The Hall–Kier alpha value is -1.26. The van der Waals surface area contributed by atoms with Gasteiger partial charge in [0.15, 0.2) is 0 Å². The number of hydrogen-bond acceptors (Lipinski definition) is 4. The van der Waals surface area contributed by atoms with Crippen LogP contribution in [-0.2, 0) is 4.74 Å². The summed E-state index contributed by atoms with van der Waals surface area (Å²) in [6, 6.07) is 7.50. The molecule has 0 aliphatic carbocycles. The molecular formula is C12H18N2O2. The van der Waals surface area contributed by atoms with Gasteiger partial charge in [0.2, 0.25) is 0 Å². The van der Waals surface area contributed by atoms with Crippen molar-refractivity contribution in [2.45, 2.75) is 25.0 Å². The van der Waals surface area contributed by atoms with Crippen molar-refractivity contribution in [2.75, 3.05) is 24.2 Å². The van der Waals surface area contributed by atoms with E-state index in [2.05, 4.69) is 5.32 Å². The van der Waals surface area contributed by atoms with Crippen LogP contribution in [0.4, 0.5) is 11.4 Å². The summed E-state index contributed by atoms with van der Waals surface area (Å²) < 4.78 is 5.37. The van der Waals surface area contributed by atoms with Crippen molar-refractivity contribution in [3.63, 3.8) is 0 Å². The Bertz CT molecular complexity index is 370. The van der Waals surface area contributed by atoms with Gasteiger partial charge in [0, 0.05) is 30.9 Å². The molecule has 1 fully saturated rings. The highest BCUT2D eigenvalue weighted by atomic mass is 16.5. The zero-order valence-corrected chi connectivity index (χ0v) is 9.44. The lowest BCUT2D eigenvalue weighted by atomic mass is 9.96. The Morgan fingerprint density at radius 3 is 3.06 bits per heavy atom. The molecule has 4 heteroatoms. The van der Waals surface area contributed by atoms with Gasteiger partial charge in [0.1, 0.15) is 5.60 Å². The Balaban J connectivity index is 1.97. The fourth-order valence-electron chi connectivity index (χ4n) is 1.91. The van der Waals surface area contributed by atoms with Crippen LogP contribution in [0.1, 0.15) is 13.3 Å². The molecule has 1 saturated heterocycles. The third-order valence-corrected chi connectivity index (χ3v) is 3.14. The van der Waals surface area contributed by atoms with Crippen LogP contribution < -0.4 is 11.1 Å². The van der Waals surface area contributed by atoms with E-state index in [1.165, 1.54) is 0 Å². The Labute approximate surface area is 95.4 Å². The predicted octanol–water partition coefficient (Wildman–Crippen LogP) is 1.22. The molecule has 4 N–H and O–H groups in total. The minimum absolute atomic E-state index is 0.124. The van der Waals surface area contributed by atoms with Gasteiger partial charge < -0.3 is 20.9 Å². The average Bonchev–Trinajstić information content (AvgIpc) is 2.58. The van der Waals surface area contributed by atoms with E-state index in [4.69, 9.17) is 10.5 Å². The molecule has 4 nitrogen and oxygen atoms in total. The number of nitrogen functional groups attached to an aromatic ring is 1. The highest BCUT2D eigenvalue weighted by Gasteiger charge is 2.39. The number of nitrogens with one attached hydrogen (secondary N) is 1. The zero-order chi connectivity index (χ0) is 11.6. The molecule has 0 spiro atoms. The first-order valence-corrected chi connectivity index (χ1v) is 5.53. The van der Waals surface area contributed by atoms with Crippen molar-refractivity contribution >= 4 is 11.4 Å². The maximum atomic E-state index is 10.3. The van der Waals surface area contributed by atoms with Crippen LogP contribution in [-0.4, -0.2) is 30.0 Å². The molecule has 0 bridgehead atoms. The third kappa shape index (κ3) is 2.28. The van der Waals surface area contributed by atoms with Crippen molar-refractivity contribution in [1.29, 1.82) is 0 Å². The summed E-state index contributed by atoms with van der Waals surface area (Å²) in [5.41, 5.74) is 6.54. The van der Waals surface area contributed by atoms with Gasteiger partial charge >= 0.3 is 0 Å². The molecule has 88 valence electrons. The highest BCUT2D eigenvalue weighted by Crippen LogP contribution is 2.26. The van der Waals surface area contributed by atoms with Crippen LogP contribution in [0.5, 0.6) is 0 Å². The van der Waals surface area contributed by atoms with E-state index in [0.717, 1.165) is 5.69 Å². The monoisotopic (exact) mass is 222 g/mol. The molecule has 0 radical (unpaired) electrons. The second-order valence-electron chi connectivity index (χ2n) is 4.35. The van der Waals surface area contributed by atoms with Gasteiger partial charge in [-0.15, -0.1) is 0 Å². The van der Waals surface area contributed by atoms with Crippen LogP contribution in [0, 0.1) is 0 Å². The summed E-state index contributed by atoms with van der Waals surface area (Å²) in [4.78, 5) is 0. The SMILES string of the molecule is CC1OCCC1(O)CNc1cccc(N)c1. The largest absolute Gasteiger partial charge is 0.399 e. The second-order valence-corrected chi connectivity index (χ2v) is 4.35. The Morgan fingerprint density at radius 2 is 2.44 bits per heavy atom. The maximum Gasteiger partial charge on any atom is 0.110 e.